The van der Waals surface area contributed by atoms with Crippen molar-refractivity contribution in [2.75, 3.05) is 18.6 Å². The summed E-state index contributed by atoms with van der Waals surface area (Å²) in [5.74, 6) is 2.61. The predicted molar refractivity (Wildman–Crippen MR) is 76.3 cm³/mol. The lowest BCUT2D eigenvalue weighted by molar-refractivity contribution is -0.122. The van der Waals surface area contributed by atoms with E-state index in [4.69, 9.17) is 0 Å². The first kappa shape index (κ1) is 14.9. The van der Waals surface area contributed by atoms with E-state index in [1.165, 1.54) is 19.3 Å². The molecule has 0 aliphatic heterocycles. The molecule has 2 nitrogen and oxygen atoms in total. The molecule has 1 rings (SSSR count). The molecule has 2 atom stereocenters. The van der Waals surface area contributed by atoms with E-state index in [2.05, 4.69) is 32.3 Å². The van der Waals surface area contributed by atoms with Gasteiger partial charge in [0.2, 0.25) is 5.91 Å². The smallest absolute Gasteiger partial charge is 0.220 e. The Balaban J connectivity index is 2.32. The lowest BCUT2D eigenvalue weighted by Crippen LogP contribution is -2.33. The molecule has 0 spiro atoms. The molecular formula is C14H27NOS. The van der Waals surface area contributed by atoms with Gasteiger partial charge >= 0.3 is 0 Å². The van der Waals surface area contributed by atoms with Gasteiger partial charge in [-0.2, -0.15) is 11.8 Å². The van der Waals surface area contributed by atoms with Gasteiger partial charge in [0.1, 0.15) is 0 Å². The van der Waals surface area contributed by atoms with Crippen LogP contribution in [0.2, 0.25) is 0 Å². The summed E-state index contributed by atoms with van der Waals surface area (Å²) in [5, 5.41) is 3.01. The molecule has 1 amide bonds. The molecule has 100 valence electrons. The van der Waals surface area contributed by atoms with E-state index in [9.17, 15) is 4.79 Å². The van der Waals surface area contributed by atoms with E-state index in [-0.39, 0.29) is 5.91 Å². The van der Waals surface area contributed by atoms with Crippen molar-refractivity contribution in [2.24, 2.45) is 17.3 Å². The van der Waals surface area contributed by atoms with Crippen molar-refractivity contribution >= 4 is 17.7 Å². The first-order valence-corrected chi connectivity index (χ1v) is 8.08. The molecule has 1 fully saturated rings. The summed E-state index contributed by atoms with van der Waals surface area (Å²) in [4.78, 5) is 11.8. The largest absolute Gasteiger partial charge is 0.355 e. The van der Waals surface area contributed by atoms with E-state index >= 15 is 0 Å². The summed E-state index contributed by atoms with van der Waals surface area (Å²) in [7, 11) is 0. The van der Waals surface area contributed by atoms with Gasteiger partial charge in [-0.25, -0.2) is 0 Å². The van der Waals surface area contributed by atoms with Crippen LogP contribution in [0.15, 0.2) is 0 Å². The summed E-state index contributed by atoms with van der Waals surface area (Å²) >= 11 is 1.78. The molecule has 1 N–H and O–H groups in total. The van der Waals surface area contributed by atoms with Crippen LogP contribution in [0.1, 0.15) is 46.5 Å². The molecule has 0 aromatic carbocycles. The van der Waals surface area contributed by atoms with Crippen LogP contribution in [-0.2, 0) is 4.79 Å². The Morgan fingerprint density at radius 3 is 2.71 bits per heavy atom. The molecule has 1 aliphatic rings. The Morgan fingerprint density at radius 1 is 1.41 bits per heavy atom. The Labute approximate surface area is 110 Å². The molecule has 17 heavy (non-hydrogen) atoms. The zero-order valence-corrected chi connectivity index (χ0v) is 12.5. The van der Waals surface area contributed by atoms with Gasteiger partial charge in [-0.3, -0.25) is 4.79 Å². The molecule has 3 heteroatoms. The van der Waals surface area contributed by atoms with Crippen LogP contribution in [0, 0.1) is 17.3 Å². The molecule has 0 aromatic heterocycles. The number of carbonyl (C=O) groups is 1. The van der Waals surface area contributed by atoms with Crippen LogP contribution >= 0.6 is 11.8 Å². The second kappa shape index (κ2) is 6.67. The van der Waals surface area contributed by atoms with Gasteiger partial charge in [0.15, 0.2) is 0 Å². The van der Waals surface area contributed by atoms with E-state index in [0.29, 0.717) is 11.3 Å². The van der Waals surface area contributed by atoms with Crippen molar-refractivity contribution in [2.45, 2.75) is 46.5 Å². The van der Waals surface area contributed by atoms with Gasteiger partial charge in [0, 0.05) is 18.7 Å². The minimum Gasteiger partial charge on any atom is -0.355 e. The fraction of sp³-hybridized carbons (Fsp3) is 0.929. The van der Waals surface area contributed by atoms with Crippen molar-refractivity contribution < 1.29 is 4.79 Å². The number of hydrogen-bond acceptors (Lipinski definition) is 2. The minimum atomic E-state index is 0.244. The molecule has 0 radical (unpaired) electrons. The third-order valence-corrected chi connectivity index (χ3v) is 4.19. The Hall–Kier alpha value is -0.180. The standard InChI is InChI=1S/C14H27NOS/c1-11-7-12(10-14(2,3)9-11)8-13(16)15-5-6-17-4/h11-12H,5-10H2,1-4H3,(H,15,16)/t11-,12+/m0/s1. The van der Waals surface area contributed by atoms with Crippen LogP contribution in [-0.4, -0.2) is 24.5 Å². The maximum absolute atomic E-state index is 11.8. The van der Waals surface area contributed by atoms with E-state index < -0.39 is 0 Å². The predicted octanol–water partition coefficient (Wildman–Crippen LogP) is 3.32. The number of nitrogens with one attached hydrogen (secondary N) is 1. The van der Waals surface area contributed by atoms with Crippen molar-refractivity contribution in [1.29, 1.82) is 0 Å². The van der Waals surface area contributed by atoms with Crippen LogP contribution in [0.25, 0.3) is 0 Å². The monoisotopic (exact) mass is 257 g/mol. The molecule has 1 saturated carbocycles. The highest BCUT2D eigenvalue weighted by Gasteiger charge is 2.32. The van der Waals surface area contributed by atoms with Crippen LogP contribution < -0.4 is 5.32 Å². The van der Waals surface area contributed by atoms with Gasteiger partial charge in [-0.1, -0.05) is 20.8 Å². The topological polar surface area (TPSA) is 29.1 Å². The second-order valence-electron chi connectivity index (χ2n) is 6.33. The number of rotatable bonds is 5. The third kappa shape index (κ3) is 5.80. The van der Waals surface area contributed by atoms with Crippen LogP contribution in [0.4, 0.5) is 0 Å². The summed E-state index contributed by atoms with van der Waals surface area (Å²) in [5.41, 5.74) is 0.419. The highest BCUT2D eigenvalue weighted by atomic mass is 32.2. The molecule has 0 unspecified atom stereocenters. The number of hydrogen-bond donors (Lipinski definition) is 1. The number of carbonyl (C=O) groups excluding carboxylic acids is 1. The van der Waals surface area contributed by atoms with E-state index in [1.807, 2.05) is 0 Å². The number of amides is 1. The lowest BCUT2D eigenvalue weighted by Gasteiger charge is -2.38. The van der Waals surface area contributed by atoms with Gasteiger partial charge in [-0.15, -0.1) is 0 Å². The number of thioether (sulfide) groups is 1. The first-order valence-electron chi connectivity index (χ1n) is 6.68. The molecule has 0 bridgehead atoms. The summed E-state index contributed by atoms with van der Waals surface area (Å²) in [6.45, 7) is 7.80. The summed E-state index contributed by atoms with van der Waals surface area (Å²) in [6, 6.07) is 0. The average Bonchev–Trinajstić information content (AvgIpc) is 2.14. The second-order valence-corrected chi connectivity index (χ2v) is 7.31. The fourth-order valence-electron chi connectivity index (χ4n) is 3.33. The molecule has 1 aliphatic carbocycles. The normalized spacial score (nSPS) is 27.8. The summed E-state index contributed by atoms with van der Waals surface area (Å²) in [6.07, 6.45) is 6.52. The molecular weight excluding hydrogens is 230 g/mol. The minimum absolute atomic E-state index is 0.244. The van der Waals surface area contributed by atoms with Gasteiger partial charge < -0.3 is 5.32 Å². The lowest BCUT2D eigenvalue weighted by atomic mass is 9.67. The maximum Gasteiger partial charge on any atom is 0.220 e. The van der Waals surface area contributed by atoms with Crippen molar-refractivity contribution in [3.8, 4) is 0 Å². The fourth-order valence-corrected chi connectivity index (χ4v) is 3.63. The quantitative estimate of drug-likeness (QED) is 0.766. The van der Waals surface area contributed by atoms with E-state index in [1.54, 1.807) is 11.8 Å². The van der Waals surface area contributed by atoms with E-state index in [0.717, 1.165) is 24.6 Å². The van der Waals surface area contributed by atoms with Crippen molar-refractivity contribution in [3.05, 3.63) is 0 Å². The summed E-state index contributed by atoms with van der Waals surface area (Å²) < 4.78 is 0. The zero-order chi connectivity index (χ0) is 12.9. The Bertz CT molecular complexity index is 253. The zero-order valence-electron chi connectivity index (χ0n) is 11.7. The molecule has 0 saturated heterocycles. The van der Waals surface area contributed by atoms with Crippen molar-refractivity contribution in [3.63, 3.8) is 0 Å². The van der Waals surface area contributed by atoms with Crippen LogP contribution in [0.5, 0.6) is 0 Å². The Morgan fingerprint density at radius 2 is 2.12 bits per heavy atom. The van der Waals surface area contributed by atoms with Crippen molar-refractivity contribution in [1.82, 2.24) is 5.32 Å². The first-order chi connectivity index (χ1) is 7.93. The molecule has 0 heterocycles. The highest BCUT2D eigenvalue weighted by Crippen LogP contribution is 2.42. The Kier molecular flexibility index (Phi) is 5.84. The average molecular weight is 257 g/mol. The highest BCUT2D eigenvalue weighted by molar-refractivity contribution is 7.98. The van der Waals surface area contributed by atoms with Crippen LogP contribution in [0.3, 0.4) is 0 Å². The van der Waals surface area contributed by atoms with Gasteiger partial charge in [-0.05, 0) is 42.8 Å². The SMILES string of the molecule is CSCCNC(=O)C[C@H]1C[C@H](C)CC(C)(C)C1. The molecule has 0 aromatic rings. The van der Waals surface area contributed by atoms with Gasteiger partial charge in [0.05, 0.1) is 0 Å². The maximum atomic E-state index is 11.8. The van der Waals surface area contributed by atoms with Gasteiger partial charge in [0.25, 0.3) is 0 Å². The third-order valence-electron chi connectivity index (χ3n) is 3.58.